The predicted molar refractivity (Wildman–Crippen MR) is 308 cm³/mol. The maximum absolute atomic E-state index is 13.4. The number of Topliss-reactive ketones (excluding diaryl/α,β-unsaturated/α-hetero) is 2. The molecule has 1 aliphatic rings. The Morgan fingerprint density at radius 3 is 0.644 bits per heavy atom. The molecule has 0 amide bonds. The van der Waals surface area contributed by atoms with Gasteiger partial charge in [0.05, 0.1) is 65.0 Å². The molecule has 0 aromatic heterocycles. The number of hydrogen-bond acceptors (Lipinski definition) is 26. The summed E-state index contributed by atoms with van der Waals surface area (Å²) in [6, 6.07) is 13.5. The molecule has 0 saturated carbocycles. The van der Waals surface area contributed by atoms with E-state index in [9.17, 15) is 57.5 Å². The van der Waals surface area contributed by atoms with Crippen LogP contribution in [0.2, 0.25) is 0 Å². The summed E-state index contributed by atoms with van der Waals surface area (Å²) in [7, 11) is 7.67. The number of ether oxygens (including phenoxy) is 14. The number of carbonyl (C=O) groups excluding carboxylic acids is 12. The maximum Gasteiger partial charge on any atom is 0.417 e. The van der Waals surface area contributed by atoms with E-state index in [4.69, 9.17) is 56.8 Å². The van der Waals surface area contributed by atoms with Gasteiger partial charge in [0.2, 0.25) is 11.6 Å². The smallest absolute Gasteiger partial charge is 0.417 e. The maximum atomic E-state index is 13.4. The molecule has 0 aliphatic heterocycles. The summed E-state index contributed by atoms with van der Waals surface area (Å²) < 4.78 is 75.6. The number of hydrogen-bond donors (Lipinski definition) is 0. The zero-order valence-corrected chi connectivity index (χ0v) is 50.5. The van der Waals surface area contributed by atoms with Crippen LogP contribution in [0.15, 0.2) is 97.1 Å². The number of rotatable bonds is 26. The molecule has 1 aliphatic carbocycles. The minimum absolute atomic E-state index is 0.0221. The molecule has 0 radical (unpaired) electrons. The minimum Gasteiger partial charge on any atom is -0.496 e. The number of benzene rings is 4. The van der Waals surface area contributed by atoms with Crippen molar-refractivity contribution in [3.05, 3.63) is 164 Å². The van der Waals surface area contributed by atoms with Crippen LogP contribution in [0.5, 0.6) is 23.0 Å². The summed E-state index contributed by atoms with van der Waals surface area (Å²) in [5.74, 6) is -12.2. The monoisotopic (exact) mass is 1250 g/mol. The summed E-state index contributed by atoms with van der Waals surface area (Å²) in [4.78, 5) is 147. The van der Waals surface area contributed by atoms with Gasteiger partial charge in [0, 0.05) is 39.5 Å². The second kappa shape index (κ2) is 32.7. The molecule has 0 spiro atoms. The fourth-order valence-corrected chi connectivity index (χ4v) is 8.90. The van der Waals surface area contributed by atoms with E-state index in [1.807, 2.05) is 0 Å². The normalized spacial score (nSPS) is 11.1. The lowest BCUT2D eigenvalue weighted by Crippen LogP contribution is -2.21. The Labute approximate surface area is 515 Å². The molecule has 0 heterocycles. The first kappa shape index (κ1) is 69.8. The van der Waals surface area contributed by atoms with Gasteiger partial charge in [0.25, 0.3) is 0 Å². The van der Waals surface area contributed by atoms with Gasteiger partial charge < -0.3 is 66.3 Å². The van der Waals surface area contributed by atoms with Crippen LogP contribution >= 0.6 is 0 Å². The summed E-state index contributed by atoms with van der Waals surface area (Å²) in [5, 5.41) is 0. The highest BCUT2D eigenvalue weighted by atomic mass is 16.6. The summed E-state index contributed by atoms with van der Waals surface area (Å²) in [5.41, 5.74) is 4.09. The Bertz CT molecular complexity index is 3370. The molecule has 0 atom stereocenters. The molecule has 8 bridgehead atoms. The van der Waals surface area contributed by atoms with Gasteiger partial charge in [0.15, 0.2) is 0 Å². The van der Waals surface area contributed by atoms with Crippen LogP contribution < -0.4 is 18.9 Å². The van der Waals surface area contributed by atoms with Gasteiger partial charge in [-0.2, -0.15) is 0 Å². The zero-order valence-electron chi connectivity index (χ0n) is 50.5. The van der Waals surface area contributed by atoms with Gasteiger partial charge in [0.1, 0.15) is 75.9 Å². The average molecular weight is 1250 g/mol. The highest BCUT2D eigenvalue weighted by Crippen LogP contribution is 2.41. The zero-order chi connectivity index (χ0) is 66.5. The molecule has 476 valence electrons. The minimum atomic E-state index is -1.37. The van der Waals surface area contributed by atoms with Gasteiger partial charge in [-0.1, -0.05) is 26.3 Å². The van der Waals surface area contributed by atoms with Crippen LogP contribution in [0.3, 0.4) is 0 Å². The van der Waals surface area contributed by atoms with Crippen molar-refractivity contribution in [2.75, 3.05) is 69.1 Å². The third-order valence-electron chi connectivity index (χ3n) is 13.0. The second-order valence-corrected chi connectivity index (χ2v) is 19.6. The summed E-state index contributed by atoms with van der Waals surface area (Å²) in [6.45, 7) is 12.2. The topological polar surface area (TPSA) is 334 Å². The van der Waals surface area contributed by atoms with Gasteiger partial charge in [-0.25, -0.2) is 47.9 Å². The van der Waals surface area contributed by atoms with E-state index in [1.54, 1.807) is 48.5 Å². The van der Waals surface area contributed by atoms with Crippen molar-refractivity contribution in [1.82, 2.24) is 0 Å². The first-order chi connectivity index (χ1) is 42.7. The number of methoxy groups -OCH3 is 6. The van der Waals surface area contributed by atoms with E-state index in [-0.39, 0.29) is 48.0 Å². The van der Waals surface area contributed by atoms with Gasteiger partial charge in [-0.15, -0.1) is 0 Å². The highest BCUT2D eigenvalue weighted by Gasteiger charge is 2.27. The summed E-state index contributed by atoms with van der Waals surface area (Å²) >= 11 is 0. The fraction of sp³-hybridized carbons (Fsp3) is 0.312. The van der Waals surface area contributed by atoms with E-state index in [2.05, 4.69) is 35.8 Å². The standard InChI is InChI=1S/C64H64O26/c1-33(25-83-59(71)37(5)65)55(67)87-29-39-13-43-21-44-14-40(30-88-56(68)34(2)26-84-60(72)38(6)66)16-46(52(44)78-8)23-48-18-42(32-90-58(70)36(4)28-86-64(76)62(74)82-12)20-50(54(48)80-10)24-49-19-41(17-47(53(49)79-9)22-45(15-39)51(43)77-7)31-89-57(69)35(3)27-85-63(75)61(73)81-11/h13-20H,1-4,21-32H2,5-12H3. The van der Waals surface area contributed by atoms with Crippen molar-refractivity contribution in [2.24, 2.45) is 0 Å². The van der Waals surface area contributed by atoms with Crippen LogP contribution in [0, 0.1) is 0 Å². The molecule has 90 heavy (non-hydrogen) atoms. The van der Waals surface area contributed by atoms with E-state index >= 15 is 0 Å². The lowest BCUT2D eigenvalue weighted by molar-refractivity contribution is -0.165. The lowest BCUT2D eigenvalue weighted by Gasteiger charge is -2.23. The first-order valence-corrected chi connectivity index (χ1v) is 26.8. The van der Waals surface area contributed by atoms with Crippen molar-refractivity contribution in [2.45, 2.75) is 66.0 Å². The van der Waals surface area contributed by atoms with E-state index < -0.39 is 124 Å². The fourth-order valence-electron chi connectivity index (χ4n) is 8.90. The molecular weight excluding hydrogens is 1180 g/mol. The van der Waals surface area contributed by atoms with Crippen LogP contribution in [0.25, 0.3) is 0 Å². The Kier molecular flexibility index (Phi) is 25.4. The molecule has 0 saturated heterocycles. The molecule has 0 N–H and O–H groups in total. The van der Waals surface area contributed by atoms with Gasteiger partial charge >= 0.3 is 59.7 Å². The lowest BCUT2D eigenvalue weighted by atomic mass is 9.88. The predicted octanol–water partition coefficient (Wildman–Crippen LogP) is 4.49. The molecule has 0 fully saturated rings. The van der Waals surface area contributed by atoms with Crippen molar-refractivity contribution in [1.29, 1.82) is 0 Å². The molecule has 5 rings (SSSR count). The van der Waals surface area contributed by atoms with E-state index in [0.29, 0.717) is 89.8 Å². The number of esters is 10. The highest BCUT2D eigenvalue weighted by molar-refractivity contribution is 6.33. The van der Waals surface area contributed by atoms with Crippen LogP contribution in [0.4, 0.5) is 0 Å². The summed E-state index contributed by atoms with van der Waals surface area (Å²) in [6.07, 6.45) is -0.107. The first-order valence-electron chi connectivity index (χ1n) is 26.8. The molecular formula is C64H64O26. The Morgan fingerprint density at radius 2 is 0.478 bits per heavy atom. The quantitative estimate of drug-likeness (QED) is 0.0318. The SMILES string of the molecule is C=C(COC(=O)C(C)=O)C(=O)OCc1cc2c(OC)c(c1)Cc1cc(COC(=O)C(=C)COC(=O)C(=O)OC)cc(c1OC)Cc1cc(COC(=O)C(=C)COC(=O)C(=O)OC)cc(c1OC)Cc1cc(COC(=O)C(=C)COC(=O)C(C)=O)cc(c1OC)C2. The van der Waals surface area contributed by atoms with E-state index in [0.717, 1.165) is 28.1 Å². The molecule has 4 aromatic rings. The largest absolute Gasteiger partial charge is 0.496 e. The molecule has 26 nitrogen and oxygen atoms in total. The van der Waals surface area contributed by atoms with Crippen molar-refractivity contribution < 1.29 is 124 Å². The van der Waals surface area contributed by atoms with Crippen LogP contribution in [-0.2, 0) is 157 Å². The third-order valence-corrected chi connectivity index (χ3v) is 13.0. The van der Waals surface area contributed by atoms with Crippen LogP contribution in [0.1, 0.15) is 80.6 Å². The van der Waals surface area contributed by atoms with Gasteiger partial charge in [-0.05, 0) is 115 Å². The van der Waals surface area contributed by atoms with Crippen LogP contribution in [-0.4, -0.2) is 140 Å². The van der Waals surface area contributed by atoms with Crippen molar-refractivity contribution in [3.63, 3.8) is 0 Å². The molecule has 26 heteroatoms. The average Bonchev–Trinajstić information content (AvgIpc) is 0.803. The third kappa shape index (κ3) is 19.0. The Balaban J connectivity index is 1.75. The second-order valence-electron chi connectivity index (χ2n) is 19.6. The Hall–Kier alpha value is -10.9. The van der Waals surface area contributed by atoms with Crippen molar-refractivity contribution in [3.8, 4) is 23.0 Å². The van der Waals surface area contributed by atoms with Gasteiger partial charge in [-0.3, -0.25) is 9.59 Å². The number of carbonyl (C=O) groups is 12. The van der Waals surface area contributed by atoms with E-state index in [1.165, 1.54) is 28.4 Å². The van der Waals surface area contributed by atoms with Crippen molar-refractivity contribution >= 4 is 71.3 Å². The molecule has 0 unspecified atom stereocenters. The number of fused-ring (bicyclic) bond motifs is 8. The number of ketones is 2. The molecule has 4 aromatic carbocycles. The Morgan fingerprint density at radius 1 is 0.289 bits per heavy atom.